The van der Waals surface area contributed by atoms with Crippen LogP contribution in [0.15, 0.2) is 17.0 Å². The van der Waals surface area contributed by atoms with Crippen molar-refractivity contribution in [2.24, 2.45) is 0 Å². The van der Waals surface area contributed by atoms with Crippen LogP contribution in [0.25, 0.3) is 11.2 Å². The van der Waals surface area contributed by atoms with Gasteiger partial charge >= 0.3 is 5.97 Å². The first-order valence-corrected chi connectivity index (χ1v) is 4.22. The zero-order valence-corrected chi connectivity index (χ0v) is 7.84. The van der Waals surface area contributed by atoms with E-state index < -0.39 is 12.0 Å². The number of carboxylic acid groups (broad SMARTS) is 1. The van der Waals surface area contributed by atoms with E-state index in [1.165, 1.54) is 19.5 Å². The number of oxazole rings is 1. The van der Waals surface area contributed by atoms with Gasteiger partial charge in [0, 0.05) is 0 Å². The molecular formula is C8H8N4O3. The van der Waals surface area contributed by atoms with Gasteiger partial charge in [0.1, 0.15) is 11.6 Å². The Morgan fingerprint density at radius 3 is 3.13 bits per heavy atom. The van der Waals surface area contributed by atoms with Gasteiger partial charge in [-0.1, -0.05) is 0 Å². The lowest BCUT2D eigenvalue weighted by atomic mass is 10.3. The number of carbonyl (C=O) groups is 1. The molecule has 0 radical (unpaired) electrons. The summed E-state index contributed by atoms with van der Waals surface area (Å²) in [6.07, 6.45) is 2.71. The lowest BCUT2D eigenvalue weighted by Crippen LogP contribution is -2.26. The fourth-order valence-corrected chi connectivity index (χ4v) is 0.993. The summed E-state index contributed by atoms with van der Waals surface area (Å²) in [5.74, 6) is -0.773. The topological polar surface area (TPSA) is 101 Å². The maximum atomic E-state index is 10.6. The minimum atomic E-state index is -0.976. The Bertz CT molecular complexity index is 495. The van der Waals surface area contributed by atoms with E-state index in [1.54, 1.807) is 0 Å². The summed E-state index contributed by atoms with van der Waals surface area (Å²) < 4.78 is 4.95. The molecule has 0 fully saturated rings. The highest BCUT2D eigenvalue weighted by Crippen LogP contribution is 2.10. The highest BCUT2D eigenvalue weighted by Gasteiger charge is 2.12. The molecule has 0 saturated heterocycles. The molecule has 7 heteroatoms. The van der Waals surface area contributed by atoms with Crippen LogP contribution in [0.3, 0.4) is 0 Å². The third-order valence-corrected chi connectivity index (χ3v) is 1.81. The summed E-state index contributed by atoms with van der Waals surface area (Å²) >= 11 is 0. The number of fused-ring (bicyclic) bond motifs is 1. The molecule has 0 aliphatic rings. The number of hydrogen-bond acceptors (Lipinski definition) is 6. The minimum Gasteiger partial charge on any atom is -0.480 e. The van der Waals surface area contributed by atoms with Crippen molar-refractivity contribution in [2.45, 2.75) is 13.0 Å². The van der Waals surface area contributed by atoms with Gasteiger partial charge in [-0.05, 0) is 6.92 Å². The average molecular weight is 208 g/mol. The predicted molar refractivity (Wildman–Crippen MR) is 50.3 cm³/mol. The molecule has 1 atom stereocenters. The zero-order chi connectivity index (χ0) is 10.8. The van der Waals surface area contributed by atoms with Gasteiger partial charge in [0.25, 0.3) is 5.71 Å². The molecule has 15 heavy (non-hydrogen) atoms. The SMILES string of the molecule is CC(Nc1ncc2ncoc2n1)C(=O)O. The smallest absolute Gasteiger partial charge is 0.325 e. The van der Waals surface area contributed by atoms with Crippen LogP contribution in [0.5, 0.6) is 0 Å². The number of anilines is 1. The molecule has 0 aromatic carbocycles. The van der Waals surface area contributed by atoms with E-state index in [1.807, 2.05) is 0 Å². The van der Waals surface area contributed by atoms with Crippen LogP contribution < -0.4 is 5.32 Å². The lowest BCUT2D eigenvalue weighted by Gasteiger charge is -2.07. The minimum absolute atomic E-state index is 0.203. The van der Waals surface area contributed by atoms with Crippen molar-refractivity contribution in [3.05, 3.63) is 12.6 Å². The van der Waals surface area contributed by atoms with Gasteiger partial charge in [-0.3, -0.25) is 4.79 Å². The number of nitrogens with one attached hydrogen (secondary N) is 1. The van der Waals surface area contributed by atoms with Crippen molar-refractivity contribution in [2.75, 3.05) is 5.32 Å². The molecule has 0 aliphatic heterocycles. The number of rotatable bonds is 3. The first kappa shape index (κ1) is 9.38. The summed E-state index contributed by atoms with van der Waals surface area (Å²) in [5.41, 5.74) is 0.855. The number of aromatic nitrogens is 3. The van der Waals surface area contributed by atoms with Crippen molar-refractivity contribution in [3.8, 4) is 0 Å². The van der Waals surface area contributed by atoms with Crippen LogP contribution in [0.4, 0.5) is 5.95 Å². The highest BCUT2D eigenvalue weighted by atomic mass is 16.4. The maximum absolute atomic E-state index is 10.6. The van der Waals surface area contributed by atoms with Crippen molar-refractivity contribution in [1.82, 2.24) is 15.0 Å². The predicted octanol–water partition coefficient (Wildman–Crippen LogP) is 0.503. The van der Waals surface area contributed by atoms with Gasteiger partial charge in [0.15, 0.2) is 6.39 Å². The second-order valence-electron chi connectivity index (χ2n) is 2.94. The van der Waals surface area contributed by atoms with E-state index >= 15 is 0 Å². The molecular weight excluding hydrogens is 200 g/mol. The van der Waals surface area contributed by atoms with Gasteiger partial charge in [-0.2, -0.15) is 4.98 Å². The Morgan fingerprint density at radius 2 is 2.40 bits per heavy atom. The van der Waals surface area contributed by atoms with Gasteiger partial charge in [0.2, 0.25) is 5.95 Å². The summed E-state index contributed by atoms with van der Waals surface area (Å²) in [4.78, 5) is 22.2. The molecule has 0 saturated carbocycles. The van der Waals surface area contributed by atoms with Crippen molar-refractivity contribution in [3.63, 3.8) is 0 Å². The molecule has 0 amide bonds. The molecule has 0 bridgehead atoms. The molecule has 7 nitrogen and oxygen atoms in total. The van der Waals surface area contributed by atoms with E-state index in [4.69, 9.17) is 9.52 Å². The molecule has 0 aliphatic carbocycles. The standard InChI is InChI=1S/C8H8N4O3/c1-4(7(13)14)11-8-9-2-5-6(12-8)15-3-10-5/h2-4H,1H3,(H,13,14)(H,9,11,12). The first-order valence-electron chi connectivity index (χ1n) is 4.22. The van der Waals surface area contributed by atoms with Crippen LogP contribution in [0.1, 0.15) is 6.92 Å². The van der Waals surface area contributed by atoms with E-state index in [0.29, 0.717) is 11.2 Å². The largest absolute Gasteiger partial charge is 0.480 e. The van der Waals surface area contributed by atoms with Crippen LogP contribution in [-0.4, -0.2) is 32.1 Å². The Labute approximate surface area is 84.2 Å². The maximum Gasteiger partial charge on any atom is 0.325 e. The number of aliphatic carboxylic acids is 1. The number of carboxylic acids is 1. The second kappa shape index (κ2) is 3.52. The monoisotopic (exact) mass is 208 g/mol. The second-order valence-corrected chi connectivity index (χ2v) is 2.94. The molecule has 1 unspecified atom stereocenters. The third-order valence-electron chi connectivity index (χ3n) is 1.81. The fraction of sp³-hybridized carbons (Fsp3) is 0.250. The molecule has 0 spiro atoms. The van der Waals surface area contributed by atoms with Crippen molar-refractivity contribution < 1.29 is 14.3 Å². The van der Waals surface area contributed by atoms with Gasteiger partial charge in [0.05, 0.1) is 6.20 Å². The fourth-order valence-electron chi connectivity index (χ4n) is 0.993. The summed E-state index contributed by atoms with van der Waals surface area (Å²) in [7, 11) is 0. The Kier molecular flexibility index (Phi) is 2.20. The summed E-state index contributed by atoms with van der Waals surface area (Å²) in [6, 6.07) is -0.759. The average Bonchev–Trinajstić information content (AvgIpc) is 2.64. The van der Waals surface area contributed by atoms with E-state index in [9.17, 15) is 4.79 Å². The first-order chi connectivity index (χ1) is 7.16. The molecule has 2 aromatic rings. The lowest BCUT2D eigenvalue weighted by molar-refractivity contribution is -0.137. The zero-order valence-electron chi connectivity index (χ0n) is 7.84. The molecule has 2 N–H and O–H groups in total. The van der Waals surface area contributed by atoms with E-state index in [0.717, 1.165) is 0 Å². The number of nitrogens with zero attached hydrogens (tertiary/aromatic N) is 3. The Balaban J connectivity index is 2.24. The van der Waals surface area contributed by atoms with Gasteiger partial charge in [-0.25, -0.2) is 9.97 Å². The highest BCUT2D eigenvalue weighted by molar-refractivity contribution is 5.76. The normalized spacial score (nSPS) is 12.6. The molecule has 2 aromatic heterocycles. The summed E-state index contributed by atoms with van der Waals surface area (Å²) in [6.45, 7) is 1.50. The van der Waals surface area contributed by atoms with Gasteiger partial charge < -0.3 is 14.8 Å². The summed E-state index contributed by atoms with van der Waals surface area (Å²) in [5, 5.41) is 11.3. The van der Waals surface area contributed by atoms with E-state index in [2.05, 4.69) is 20.3 Å². The van der Waals surface area contributed by atoms with Gasteiger partial charge in [-0.15, -0.1) is 0 Å². The quantitative estimate of drug-likeness (QED) is 0.757. The molecule has 2 rings (SSSR count). The van der Waals surface area contributed by atoms with Crippen LogP contribution in [-0.2, 0) is 4.79 Å². The van der Waals surface area contributed by atoms with Crippen LogP contribution >= 0.6 is 0 Å². The Morgan fingerprint density at radius 1 is 1.60 bits per heavy atom. The van der Waals surface area contributed by atoms with Crippen molar-refractivity contribution in [1.29, 1.82) is 0 Å². The number of hydrogen-bond donors (Lipinski definition) is 2. The van der Waals surface area contributed by atoms with Crippen LogP contribution in [0.2, 0.25) is 0 Å². The van der Waals surface area contributed by atoms with Crippen LogP contribution in [0, 0.1) is 0 Å². The van der Waals surface area contributed by atoms with Crippen molar-refractivity contribution >= 4 is 23.1 Å². The molecule has 78 valence electrons. The Hall–Kier alpha value is -2.18. The van der Waals surface area contributed by atoms with E-state index in [-0.39, 0.29) is 5.95 Å². The third kappa shape index (κ3) is 1.85. The molecule has 2 heterocycles.